The fourth-order valence-electron chi connectivity index (χ4n) is 1.18. The average molecular weight is 211 g/mol. The third-order valence-corrected chi connectivity index (χ3v) is 1.99. The zero-order valence-electron chi connectivity index (χ0n) is 9.08. The number of H-pyrrole nitrogens is 1. The highest BCUT2D eigenvalue weighted by atomic mass is 16.3. The Bertz CT molecular complexity index is 360. The Balaban J connectivity index is 2.60. The number of aromatic nitrogens is 2. The molecule has 0 bridgehead atoms. The van der Waals surface area contributed by atoms with Crippen molar-refractivity contribution in [2.45, 2.75) is 32.8 Å². The lowest BCUT2D eigenvalue weighted by molar-refractivity contribution is 0.188. The number of nitrogens with zero attached hydrogens (tertiary/aromatic N) is 1. The SMILES string of the molecule is CCc1nc(NCCC(C)O)cc(=O)[nH]1. The maximum Gasteiger partial charge on any atom is 0.252 e. The summed E-state index contributed by atoms with van der Waals surface area (Å²) in [6, 6.07) is 1.42. The van der Waals surface area contributed by atoms with Gasteiger partial charge in [-0.2, -0.15) is 0 Å². The van der Waals surface area contributed by atoms with Gasteiger partial charge in [0.15, 0.2) is 0 Å². The van der Waals surface area contributed by atoms with Crippen LogP contribution < -0.4 is 10.9 Å². The minimum Gasteiger partial charge on any atom is -0.393 e. The van der Waals surface area contributed by atoms with E-state index in [9.17, 15) is 4.79 Å². The maximum absolute atomic E-state index is 11.2. The highest BCUT2D eigenvalue weighted by molar-refractivity contribution is 5.32. The van der Waals surface area contributed by atoms with Gasteiger partial charge in [-0.3, -0.25) is 4.79 Å². The molecule has 1 unspecified atom stereocenters. The summed E-state index contributed by atoms with van der Waals surface area (Å²) < 4.78 is 0. The van der Waals surface area contributed by atoms with E-state index in [1.807, 2.05) is 6.92 Å². The summed E-state index contributed by atoms with van der Waals surface area (Å²) in [6.45, 7) is 4.26. The van der Waals surface area contributed by atoms with Gasteiger partial charge >= 0.3 is 0 Å². The van der Waals surface area contributed by atoms with Crippen molar-refractivity contribution in [3.05, 3.63) is 22.2 Å². The van der Waals surface area contributed by atoms with Crippen molar-refractivity contribution in [1.82, 2.24) is 9.97 Å². The monoisotopic (exact) mass is 211 g/mol. The van der Waals surface area contributed by atoms with Crippen LogP contribution in [0.15, 0.2) is 10.9 Å². The summed E-state index contributed by atoms with van der Waals surface area (Å²) in [4.78, 5) is 18.0. The molecule has 84 valence electrons. The summed E-state index contributed by atoms with van der Waals surface area (Å²) in [7, 11) is 0. The molecule has 15 heavy (non-hydrogen) atoms. The molecule has 0 aromatic carbocycles. The number of anilines is 1. The molecule has 0 aliphatic heterocycles. The third kappa shape index (κ3) is 4.12. The van der Waals surface area contributed by atoms with Crippen LogP contribution in [0.2, 0.25) is 0 Å². The van der Waals surface area contributed by atoms with Gasteiger partial charge in [0.1, 0.15) is 11.6 Å². The number of aryl methyl sites for hydroxylation is 1. The van der Waals surface area contributed by atoms with Gasteiger partial charge in [-0.1, -0.05) is 6.92 Å². The number of hydrogen-bond donors (Lipinski definition) is 3. The van der Waals surface area contributed by atoms with Crippen molar-refractivity contribution in [2.24, 2.45) is 0 Å². The van der Waals surface area contributed by atoms with Gasteiger partial charge in [0.25, 0.3) is 5.56 Å². The van der Waals surface area contributed by atoms with Crippen LogP contribution in [-0.2, 0) is 6.42 Å². The van der Waals surface area contributed by atoms with E-state index in [1.54, 1.807) is 6.92 Å². The number of hydrogen-bond acceptors (Lipinski definition) is 4. The molecule has 1 atom stereocenters. The first-order chi connectivity index (χ1) is 7.11. The first kappa shape index (κ1) is 11.7. The van der Waals surface area contributed by atoms with Gasteiger partial charge in [0.2, 0.25) is 0 Å². The summed E-state index contributed by atoms with van der Waals surface area (Å²) in [5.41, 5.74) is -0.151. The zero-order valence-corrected chi connectivity index (χ0v) is 9.08. The lowest BCUT2D eigenvalue weighted by atomic mass is 10.3. The molecule has 1 rings (SSSR count). The van der Waals surface area contributed by atoms with Crippen LogP contribution in [0.25, 0.3) is 0 Å². The van der Waals surface area contributed by atoms with Crippen molar-refractivity contribution in [2.75, 3.05) is 11.9 Å². The molecule has 0 spiro atoms. The van der Waals surface area contributed by atoms with Crippen LogP contribution in [0.1, 0.15) is 26.1 Å². The Kier molecular flexibility index (Phi) is 4.30. The quantitative estimate of drug-likeness (QED) is 0.663. The number of aromatic amines is 1. The number of rotatable bonds is 5. The lowest BCUT2D eigenvalue weighted by Crippen LogP contribution is -2.15. The molecular weight excluding hydrogens is 194 g/mol. The van der Waals surface area contributed by atoms with Crippen molar-refractivity contribution < 1.29 is 5.11 Å². The standard InChI is InChI=1S/C10H17N3O2/c1-3-8-12-9(6-10(15)13-8)11-5-4-7(2)14/h6-7,14H,3-5H2,1-2H3,(H2,11,12,13,15). The Morgan fingerprint density at radius 2 is 2.40 bits per heavy atom. The predicted octanol–water partition coefficient (Wildman–Crippen LogP) is 0.515. The molecule has 3 N–H and O–H groups in total. The van der Waals surface area contributed by atoms with Gasteiger partial charge in [-0.05, 0) is 13.3 Å². The maximum atomic E-state index is 11.2. The van der Waals surface area contributed by atoms with Crippen molar-refractivity contribution in [1.29, 1.82) is 0 Å². The van der Waals surface area contributed by atoms with E-state index in [4.69, 9.17) is 5.11 Å². The van der Waals surface area contributed by atoms with E-state index in [1.165, 1.54) is 6.07 Å². The fourth-order valence-corrected chi connectivity index (χ4v) is 1.18. The molecule has 0 saturated heterocycles. The highest BCUT2D eigenvalue weighted by Crippen LogP contribution is 2.00. The molecule has 0 aliphatic carbocycles. The van der Waals surface area contributed by atoms with E-state index in [2.05, 4.69) is 15.3 Å². The van der Waals surface area contributed by atoms with E-state index < -0.39 is 0 Å². The van der Waals surface area contributed by atoms with Crippen LogP contribution >= 0.6 is 0 Å². The van der Waals surface area contributed by atoms with E-state index in [0.29, 0.717) is 31.0 Å². The van der Waals surface area contributed by atoms with E-state index in [-0.39, 0.29) is 11.7 Å². The van der Waals surface area contributed by atoms with Crippen LogP contribution in [-0.4, -0.2) is 27.7 Å². The normalized spacial score (nSPS) is 12.5. The molecule has 0 amide bonds. The molecule has 0 fully saturated rings. The molecule has 1 heterocycles. The van der Waals surface area contributed by atoms with E-state index in [0.717, 1.165) is 0 Å². The van der Waals surface area contributed by atoms with Crippen LogP contribution in [0, 0.1) is 0 Å². The Hall–Kier alpha value is -1.36. The van der Waals surface area contributed by atoms with Crippen LogP contribution in [0.4, 0.5) is 5.82 Å². The van der Waals surface area contributed by atoms with Gasteiger partial charge in [0.05, 0.1) is 6.10 Å². The summed E-state index contributed by atoms with van der Waals surface area (Å²) >= 11 is 0. The Labute approximate surface area is 88.6 Å². The Morgan fingerprint density at radius 3 is 3.00 bits per heavy atom. The van der Waals surface area contributed by atoms with Crippen molar-refractivity contribution in [3.63, 3.8) is 0 Å². The van der Waals surface area contributed by atoms with Gasteiger partial charge in [0, 0.05) is 19.0 Å². The zero-order chi connectivity index (χ0) is 11.3. The second kappa shape index (κ2) is 5.50. The van der Waals surface area contributed by atoms with Gasteiger partial charge in [-0.15, -0.1) is 0 Å². The predicted molar refractivity (Wildman–Crippen MR) is 59.0 cm³/mol. The second-order valence-electron chi connectivity index (χ2n) is 3.50. The average Bonchev–Trinajstić information content (AvgIpc) is 2.16. The number of nitrogens with one attached hydrogen (secondary N) is 2. The molecular formula is C10H17N3O2. The summed E-state index contributed by atoms with van der Waals surface area (Å²) in [6.07, 6.45) is 0.988. The molecule has 5 nitrogen and oxygen atoms in total. The fraction of sp³-hybridized carbons (Fsp3) is 0.600. The van der Waals surface area contributed by atoms with Crippen LogP contribution in [0.3, 0.4) is 0 Å². The highest BCUT2D eigenvalue weighted by Gasteiger charge is 2.00. The molecule has 1 aromatic heterocycles. The van der Waals surface area contributed by atoms with Crippen molar-refractivity contribution >= 4 is 5.82 Å². The summed E-state index contributed by atoms with van der Waals surface area (Å²) in [5, 5.41) is 12.1. The number of aliphatic hydroxyl groups is 1. The molecule has 5 heteroatoms. The van der Waals surface area contributed by atoms with Crippen LogP contribution in [0.5, 0.6) is 0 Å². The minimum absolute atomic E-state index is 0.151. The second-order valence-corrected chi connectivity index (χ2v) is 3.50. The minimum atomic E-state index is -0.342. The largest absolute Gasteiger partial charge is 0.393 e. The van der Waals surface area contributed by atoms with Crippen molar-refractivity contribution in [3.8, 4) is 0 Å². The molecule has 0 saturated carbocycles. The Morgan fingerprint density at radius 1 is 1.67 bits per heavy atom. The van der Waals surface area contributed by atoms with Gasteiger partial charge in [-0.25, -0.2) is 4.98 Å². The smallest absolute Gasteiger partial charge is 0.252 e. The first-order valence-electron chi connectivity index (χ1n) is 5.14. The topological polar surface area (TPSA) is 78.0 Å². The number of aliphatic hydroxyl groups excluding tert-OH is 1. The molecule has 0 aliphatic rings. The van der Waals surface area contributed by atoms with Gasteiger partial charge < -0.3 is 15.4 Å². The lowest BCUT2D eigenvalue weighted by Gasteiger charge is -2.07. The molecule has 1 aromatic rings. The van der Waals surface area contributed by atoms with E-state index >= 15 is 0 Å². The molecule has 0 radical (unpaired) electrons. The first-order valence-corrected chi connectivity index (χ1v) is 5.14. The summed E-state index contributed by atoms with van der Waals surface area (Å²) in [5.74, 6) is 1.23. The third-order valence-electron chi connectivity index (χ3n) is 1.99.